The van der Waals surface area contributed by atoms with Gasteiger partial charge in [0.25, 0.3) is 0 Å². The van der Waals surface area contributed by atoms with E-state index in [0.717, 1.165) is 18.4 Å². The number of para-hydroxylation sites is 1. The summed E-state index contributed by atoms with van der Waals surface area (Å²) < 4.78 is 0. The second-order valence-electron chi connectivity index (χ2n) is 5.88. The molecule has 0 bridgehead atoms. The Kier molecular flexibility index (Phi) is 2.92. The van der Waals surface area contributed by atoms with Crippen molar-refractivity contribution >= 4 is 17.7 Å². The Morgan fingerprint density at radius 1 is 1.35 bits per heavy atom. The highest BCUT2D eigenvalue weighted by Crippen LogP contribution is 2.37. The van der Waals surface area contributed by atoms with Crippen molar-refractivity contribution in [2.75, 3.05) is 11.4 Å². The Morgan fingerprint density at radius 2 is 2.05 bits per heavy atom. The van der Waals surface area contributed by atoms with Gasteiger partial charge in [0, 0.05) is 17.8 Å². The molecule has 0 aromatic heterocycles. The molecule has 3 rings (SSSR count). The number of amides is 2. The van der Waals surface area contributed by atoms with Gasteiger partial charge in [0.1, 0.15) is 0 Å². The smallest absolute Gasteiger partial charge is 0.322 e. The molecule has 0 saturated heterocycles. The molecule has 5 heteroatoms. The Bertz CT molecular complexity index is 566. The van der Waals surface area contributed by atoms with E-state index < -0.39 is 11.9 Å². The number of carbonyl (C=O) groups excluding carboxylic acids is 1. The first-order valence-corrected chi connectivity index (χ1v) is 6.92. The van der Waals surface area contributed by atoms with E-state index in [1.165, 1.54) is 0 Å². The van der Waals surface area contributed by atoms with E-state index in [1.807, 2.05) is 25.1 Å². The molecule has 2 amide bonds. The Morgan fingerprint density at radius 3 is 2.70 bits per heavy atom. The molecule has 1 aliphatic heterocycles. The summed E-state index contributed by atoms with van der Waals surface area (Å²) in [5, 5.41) is 12.3. The van der Waals surface area contributed by atoms with Crippen LogP contribution in [0.5, 0.6) is 0 Å². The fourth-order valence-corrected chi connectivity index (χ4v) is 2.67. The molecule has 1 fully saturated rings. The van der Waals surface area contributed by atoms with Gasteiger partial charge in [0.05, 0.1) is 5.92 Å². The van der Waals surface area contributed by atoms with Gasteiger partial charge in [-0.05, 0) is 37.8 Å². The van der Waals surface area contributed by atoms with Crippen molar-refractivity contribution in [2.24, 2.45) is 0 Å². The minimum atomic E-state index is -0.827. The minimum Gasteiger partial charge on any atom is -0.481 e. The first-order valence-electron chi connectivity index (χ1n) is 6.92. The molecule has 0 radical (unpaired) electrons. The lowest BCUT2D eigenvalue weighted by Crippen LogP contribution is -2.48. The van der Waals surface area contributed by atoms with Crippen LogP contribution in [0.25, 0.3) is 0 Å². The Labute approximate surface area is 117 Å². The van der Waals surface area contributed by atoms with E-state index in [2.05, 4.69) is 5.32 Å². The van der Waals surface area contributed by atoms with Crippen LogP contribution in [0.4, 0.5) is 10.5 Å². The zero-order valence-electron chi connectivity index (χ0n) is 11.4. The summed E-state index contributed by atoms with van der Waals surface area (Å²) in [6, 6.07) is 7.15. The van der Waals surface area contributed by atoms with E-state index >= 15 is 0 Å². The lowest BCUT2D eigenvalue weighted by molar-refractivity contribution is -0.139. The lowest BCUT2D eigenvalue weighted by atomic mass is 9.90. The number of carboxylic acid groups (broad SMARTS) is 1. The summed E-state index contributed by atoms with van der Waals surface area (Å²) in [5.41, 5.74) is 1.37. The number of fused-ring (bicyclic) bond motifs is 1. The van der Waals surface area contributed by atoms with E-state index in [1.54, 1.807) is 11.0 Å². The number of anilines is 1. The van der Waals surface area contributed by atoms with Crippen molar-refractivity contribution in [3.63, 3.8) is 0 Å². The van der Waals surface area contributed by atoms with Crippen LogP contribution in [-0.4, -0.2) is 29.2 Å². The standard InChI is InChI=1S/C15H18N2O3/c1-15(7-8-15)16-14(20)17-9-6-11(13(18)19)10-4-2-3-5-12(10)17/h2-5,11H,6-9H2,1H3,(H,16,20)(H,18,19). The average molecular weight is 274 g/mol. The number of hydrogen-bond acceptors (Lipinski definition) is 2. The molecule has 20 heavy (non-hydrogen) atoms. The van der Waals surface area contributed by atoms with Gasteiger partial charge in [0.2, 0.25) is 0 Å². The summed E-state index contributed by atoms with van der Waals surface area (Å²) in [6.07, 6.45) is 2.47. The third-order valence-electron chi connectivity index (χ3n) is 4.20. The average Bonchev–Trinajstić information content (AvgIpc) is 3.14. The maximum Gasteiger partial charge on any atom is 0.322 e. The van der Waals surface area contributed by atoms with E-state index in [4.69, 9.17) is 0 Å². The molecule has 2 N–H and O–H groups in total. The molecular formula is C15H18N2O3. The summed E-state index contributed by atoms with van der Waals surface area (Å²) >= 11 is 0. The van der Waals surface area contributed by atoms with Crippen LogP contribution in [-0.2, 0) is 4.79 Å². The van der Waals surface area contributed by atoms with Crippen molar-refractivity contribution in [3.8, 4) is 0 Å². The Balaban J connectivity index is 1.88. The number of aliphatic carboxylic acids is 1. The zero-order chi connectivity index (χ0) is 14.3. The molecule has 1 heterocycles. The summed E-state index contributed by atoms with van der Waals surface area (Å²) in [5.74, 6) is -1.35. The van der Waals surface area contributed by atoms with Gasteiger partial charge in [-0.1, -0.05) is 18.2 Å². The number of urea groups is 1. The molecule has 2 aliphatic rings. The van der Waals surface area contributed by atoms with Crippen LogP contribution in [0.3, 0.4) is 0 Å². The molecule has 1 unspecified atom stereocenters. The fourth-order valence-electron chi connectivity index (χ4n) is 2.67. The maximum absolute atomic E-state index is 12.4. The predicted octanol–water partition coefficient (Wildman–Crippen LogP) is 2.33. The number of benzene rings is 1. The van der Waals surface area contributed by atoms with Crippen molar-refractivity contribution in [1.82, 2.24) is 5.32 Å². The largest absolute Gasteiger partial charge is 0.481 e. The molecule has 1 aliphatic carbocycles. The third kappa shape index (κ3) is 2.24. The van der Waals surface area contributed by atoms with Crippen molar-refractivity contribution in [3.05, 3.63) is 29.8 Å². The van der Waals surface area contributed by atoms with Gasteiger partial charge >= 0.3 is 12.0 Å². The van der Waals surface area contributed by atoms with E-state index in [0.29, 0.717) is 18.7 Å². The monoisotopic (exact) mass is 274 g/mol. The van der Waals surface area contributed by atoms with Crippen LogP contribution in [0.1, 0.15) is 37.7 Å². The van der Waals surface area contributed by atoms with Crippen LogP contribution in [0.2, 0.25) is 0 Å². The molecule has 1 saturated carbocycles. The molecule has 1 atom stereocenters. The van der Waals surface area contributed by atoms with Crippen LogP contribution in [0, 0.1) is 0 Å². The fraction of sp³-hybridized carbons (Fsp3) is 0.467. The molecule has 5 nitrogen and oxygen atoms in total. The molecule has 106 valence electrons. The zero-order valence-corrected chi connectivity index (χ0v) is 11.4. The van der Waals surface area contributed by atoms with Gasteiger partial charge in [-0.15, -0.1) is 0 Å². The van der Waals surface area contributed by atoms with Crippen molar-refractivity contribution in [1.29, 1.82) is 0 Å². The van der Waals surface area contributed by atoms with Gasteiger partial charge < -0.3 is 10.4 Å². The van der Waals surface area contributed by atoms with Crippen molar-refractivity contribution in [2.45, 2.75) is 37.6 Å². The highest BCUT2D eigenvalue weighted by atomic mass is 16.4. The van der Waals surface area contributed by atoms with Crippen LogP contribution >= 0.6 is 0 Å². The third-order valence-corrected chi connectivity index (χ3v) is 4.20. The predicted molar refractivity (Wildman–Crippen MR) is 75.0 cm³/mol. The summed E-state index contributed by atoms with van der Waals surface area (Å²) in [6.45, 7) is 2.47. The highest BCUT2D eigenvalue weighted by molar-refractivity contribution is 5.95. The second kappa shape index (κ2) is 4.51. The summed E-state index contributed by atoms with van der Waals surface area (Å²) in [4.78, 5) is 25.3. The van der Waals surface area contributed by atoms with Gasteiger partial charge in [-0.25, -0.2) is 4.79 Å². The van der Waals surface area contributed by atoms with Gasteiger partial charge in [0.15, 0.2) is 0 Å². The number of nitrogens with zero attached hydrogens (tertiary/aromatic N) is 1. The SMILES string of the molecule is CC1(NC(=O)N2CCC(C(=O)O)c3ccccc32)CC1. The number of carbonyl (C=O) groups is 2. The van der Waals surface area contributed by atoms with Crippen LogP contribution < -0.4 is 10.2 Å². The second-order valence-corrected chi connectivity index (χ2v) is 5.88. The number of rotatable bonds is 2. The molecule has 1 aromatic rings. The lowest BCUT2D eigenvalue weighted by Gasteiger charge is -2.33. The van der Waals surface area contributed by atoms with E-state index in [9.17, 15) is 14.7 Å². The topological polar surface area (TPSA) is 69.6 Å². The van der Waals surface area contributed by atoms with Crippen LogP contribution in [0.15, 0.2) is 24.3 Å². The summed E-state index contributed by atoms with van der Waals surface area (Å²) in [7, 11) is 0. The highest BCUT2D eigenvalue weighted by Gasteiger charge is 2.41. The number of carboxylic acids is 1. The molecule has 0 spiro atoms. The van der Waals surface area contributed by atoms with Gasteiger partial charge in [-0.2, -0.15) is 0 Å². The quantitative estimate of drug-likeness (QED) is 0.869. The Hall–Kier alpha value is -2.04. The van der Waals surface area contributed by atoms with Gasteiger partial charge in [-0.3, -0.25) is 9.69 Å². The number of nitrogens with one attached hydrogen (secondary N) is 1. The first-order chi connectivity index (χ1) is 9.50. The molecular weight excluding hydrogens is 256 g/mol. The van der Waals surface area contributed by atoms with E-state index in [-0.39, 0.29) is 11.6 Å². The maximum atomic E-state index is 12.4. The van der Waals surface area contributed by atoms with Crippen molar-refractivity contribution < 1.29 is 14.7 Å². The number of hydrogen-bond donors (Lipinski definition) is 2. The molecule has 1 aromatic carbocycles. The normalized spacial score (nSPS) is 22.9. The minimum absolute atomic E-state index is 0.0737. The first kappa shape index (κ1) is 13.0.